The fourth-order valence-corrected chi connectivity index (χ4v) is 2.42. The first-order valence-corrected chi connectivity index (χ1v) is 6.64. The van der Waals surface area contributed by atoms with Gasteiger partial charge in [-0.1, -0.05) is 0 Å². The van der Waals surface area contributed by atoms with Gasteiger partial charge in [-0.15, -0.1) is 0 Å². The van der Waals surface area contributed by atoms with Crippen LogP contribution in [0.15, 0.2) is 18.3 Å². The van der Waals surface area contributed by atoms with Gasteiger partial charge in [0.25, 0.3) is 0 Å². The summed E-state index contributed by atoms with van der Waals surface area (Å²) in [6.07, 6.45) is 4.22. The summed E-state index contributed by atoms with van der Waals surface area (Å²) in [5.74, 6) is 2.48. The van der Waals surface area contributed by atoms with E-state index in [0.29, 0.717) is 12.0 Å². The fraction of sp³-hybridized carbons (Fsp3) is 0.643. The predicted octanol–water partition coefficient (Wildman–Crippen LogP) is 2.04. The molecule has 2 N–H and O–H groups in total. The molecule has 4 heteroatoms. The summed E-state index contributed by atoms with van der Waals surface area (Å²) in [7, 11) is 2.07. The van der Waals surface area contributed by atoms with Gasteiger partial charge in [-0.3, -0.25) is 0 Å². The molecular weight excluding hydrogens is 226 g/mol. The second-order valence-corrected chi connectivity index (χ2v) is 5.47. The number of hydrogen-bond donors (Lipinski definition) is 1. The van der Waals surface area contributed by atoms with Crippen LogP contribution in [0.4, 0.5) is 5.82 Å². The van der Waals surface area contributed by atoms with Crippen molar-refractivity contribution in [3.8, 4) is 5.75 Å². The average Bonchev–Trinajstić information content (AvgIpc) is 2.26. The van der Waals surface area contributed by atoms with Gasteiger partial charge in [-0.05, 0) is 44.7 Å². The zero-order chi connectivity index (χ0) is 13.1. The molecule has 0 aliphatic heterocycles. The molecule has 1 aliphatic rings. The van der Waals surface area contributed by atoms with Gasteiger partial charge >= 0.3 is 0 Å². The maximum Gasteiger partial charge on any atom is 0.171 e. The van der Waals surface area contributed by atoms with E-state index in [4.69, 9.17) is 10.5 Å². The van der Waals surface area contributed by atoms with E-state index in [1.807, 2.05) is 32.2 Å². The highest BCUT2D eigenvalue weighted by molar-refractivity contribution is 5.51. The summed E-state index contributed by atoms with van der Waals surface area (Å²) in [6, 6.07) is 4.29. The average molecular weight is 249 g/mol. The zero-order valence-electron chi connectivity index (χ0n) is 11.5. The first kappa shape index (κ1) is 13.1. The second kappa shape index (κ2) is 5.57. The van der Waals surface area contributed by atoms with Crippen LogP contribution in [0.1, 0.15) is 26.7 Å². The van der Waals surface area contributed by atoms with Crippen molar-refractivity contribution in [3.63, 3.8) is 0 Å². The molecule has 2 rings (SSSR count). The van der Waals surface area contributed by atoms with Gasteiger partial charge in [-0.2, -0.15) is 0 Å². The number of rotatable bonds is 5. The summed E-state index contributed by atoms with van der Waals surface area (Å²) >= 11 is 0. The Balaban J connectivity index is 2.02. The Bertz CT molecular complexity index is 388. The topological polar surface area (TPSA) is 51.4 Å². The highest BCUT2D eigenvalue weighted by Gasteiger charge is 2.27. The van der Waals surface area contributed by atoms with E-state index in [9.17, 15) is 0 Å². The lowest BCUT2D eigenvalue weighted by Crippen LogP contribution is -2.42. The summed E-state index contributed by atoms with van der Waals surface area (Å²) < 4.78 is 5.79. The Morgan fingerprint density at radius 2 is 2.22 bits per heavy atom. The largest absolute Gasteiger partial charge is 0.487 e. The summed E-state index contributed by atoms with van der Waals surface area (Å²) in [5, 5.41) is 0. The highest BCUT2D eigenvalue weighted by Crippen LogP contribution is 2.30. The maximum absolute atomic E-state index is 5.82. The van der Waals surface area contributed by atoms with Crippen LogP contribution in [-0.4, -0.2) is 30.7 Å². The second-order valence-electron chi connectivity index (χ2n) is 5.47. The Hall–Kier alpha value is -1.29. The minimum absolute atomic E-state index is 0.165. The monoisotopic (exact) mass is 249 g/mol. The summed E-state index contributed by atoms with van der Waals surface area (Å²) in [6.45, 7) is 5.06. The number of nitrogens with zero attached hydrogens (tertiary/aromatic N) is 2. The molecular formula is C14H23N3O. The third kappa shape index (κ3) is 3.13. The third-order valence-electron chi connectivity index (χ3n) is 3.28. The molecule has 0 aromatic carbocycles. The van der Waals surface area contributed by atoms with Crippen LogP contribution in [0.25, 0.3) is 0 Å². The quantitative estimate of drug-likeness (QED) is 0.867. The van der Waals surface area contributed by atoms with Gasteiger partial charge in [0.15, 0.2) is 11.6 Å². The van der Waals surface area contributed by atoms with Crippen LogP contribution < -0.4 is 15.4 Å². The molecule has 0 saturated heterocycles. The van der Waals surface area contributed by atoms with Crippen molar-refractivity contribution in [2.45, 2.75) is 38.8 Å². The van der Waals surface area contributed by atoms with Crippen molar-refractivity contribution in [1.29, 1.82) is 0 Å². The van der Waals surface area contributed by atoms with Crippen molar-refractivity contribution in [2.75, 3.05) is 18.5 Å². The van der Waals surface area contributed by atoms with Crippen LogP contribution in [0.2, 0.25) is 0 Å². The van der Waals surface area contributed by atoms with Crippen LogP contribution >= 0.6 is 0 Å². The summed E-state index contributed by atoms with van der Waals surface area (Å²) in [5.41, 5.74) is 5.82. The predicted molar refractivity (Wildman–Crippen MR) is 74.0 cm³/mol. The number of anilines is 1. The van der Waals surface area contributed by atoms with Crippen LogP contribution in [0, 0.1) is 5.92 Å². The molecule has 0 bridgehead atoms. The van der Waals surface area contributed by atoms with Gasteiger partial charge in [0.2, 0.25) is 0 Å². The molecule has 0 radical (unpaired) electrons. The van der Waals surface area contributed by atoms with Gasteiger partial charge in [-0.25, -0.2) is 4.98 Å². The first-order chi connectivity index (χ1) is 8.56. The molecule has 1 heterocycles. The van der Waals surface area contributed by atoms with Crippen molar-refractivity contribution in [3.05, 3.63) is 18.3 Å². The number of hydrogen-bond acceptors (Lipinski definition) is 4. The number of ether oxygens (including phenoxy) is 1. The Labute approximate surface area is 109 Å². The van der Waals surface area contributed by atoms with Crippen molar-refractivity contribution < 1.29 is 4.74 Å². The van der Waals surface area contributed by atoms with Gasteiger partial charge in [0.1, 0.15) is 0 Å². The van der Waals surface area contributed by atoms with E-state index in [-0.39, 0.29) is 6.10 Å². The molecule has 4 nitrogen and oxygen atoms in total. The van der Waals surface area contributed by atoms with Crippen molar-refractivity contribution in [2.24, 2.45) is 11.7 Å². The Morgan fingerprint density at radius 3 is 2.83 bits per heavy atom. The lowest BCUT2D eigenvalue weighted by atomic mass is 9.80. The standard InChI is InChI=1S/C14H23N3O/c1-10(2)18-13-5-4-6-16-14(13)17(3)9-11-7-12(15)8-11/h4-6,10-12H,7-9,15H2,1-3H3. The van der Waals surface area contributed by atoms with Crippen LogP contribution in [-0.2, 0) is 0 Å². The molecule has 1 aliphatic carbocycles. The zero-order valence-corrected chi connectivity index (χ0v) is 11.5. The number of aromatic nitrogens is 1. The number of nitrogens with two attached hydrogens (primary N) is 1. The molecule has 1 fully saturated rings. The summed E-state index contributed by atoms with van der Waals surface area (Å²) in [4.78, 5) is 6.61. The minimum atomic E-state index is 0.165. The normalized spacial score (nSPS) is 22.7. The smallest absolute Gasteiger partial charge is 0.171 e. The molecule has 100 valence electrons. The van der Waals surface area contributed by atoms with E-state index < -0.39 is 0 Å². The van der Waals surface area contributed by atoms with E-state index >= 15 is 0 Å². The molecule has 1 aromatic heterocycles. The Kier molecular flexibility index (Phi) is 4.07. The molecule has 1 saturated carbocycles. The number of pyridine rings is 1. The third-order valence-corrected chi connectivity index (χ3v) is 3.28. The van der Waals surface area contributed by atoms with Gasteiger partial charge in [0.05, 0.1) is 6.10 Å². The highest BCUT2D eigenvalue weighted by atomic mass is 16.5. The van der Waals surface area contributed by atoms with Crippen molar-refractivity contribution >= 4 is 5.82 Å². The van der Waals surface area contributed by atoms with E-state index in [1.165, 1.54) is 0 Å². The van der Waals surface area contributed by atoms with Gasteiger partial charge < -0.3 is 15.4 Å². The molecule has 0 spiro atoms. The lowest BCUT2D eigenvalue weighted by Gasteiger charge is -2.36. The molecule has 0 amide bonds. The molecule has 18 heavy (non-hydrogen) atoms. The first-order valence-electron chi connectivity index (χ1n) is 6.64. The van der Waals surface area contributed by atoms with Crippen LogP contribution in [0.3, 0.4) is 0 Å². The Morgan fingerprint density at radius 1 is 1.50 bits per heavy atom. The molecule has 1 aromatic rings. The lowest BCUT2D eigenvalue weighted by molar-refractivity contribution is 0.240. The van der Waals surface area contributed by atoms with E-state index in [2.05, 4.69) is 16.9 Å². The minimum Gasteiger partial charge on any atom is -0.487 e. The van der Waals surface area contributed by atoms with E-state index in [0.717, 1.165) is 31.0 Å². The fourth-order valence-electron chi connectivity index (χ4n) is 2.42. The van der Waals surface area contributed by atoms with Gasteiger partial charge in [0, 0.05) is 25.8 Å². The molecule has 0 unspecified atom stereocenters. The van der Waals surface area contributed by atoms with E-state index in [1.54, 1.807) is 0 Å². The van der Waals surface area contributed by atoms with Crippen molar-refractivity contribution in [1.82, 2.24) is 4.98 Å². The maximum atomic E-state index is 5.82. The van der Waals surface area contributed by atoms with Crippen LogP contribution in [0.5, 0.6) is 5.75 Å². The SMILES string of the molecule is CC(C)Oc1cccnc1N(C)CC1CC(N)C1. The molecule has 0 atom stereocenters.